The Bertz CT molecular complexity index is 543. The van der Waals surface area contributed by atoms with E-state index >= 15 is 0 Å². The summed E-state index contributed by atoms with van der Waals surface area (Å²) in [5.41, 5.74) is -0.111. The standard InChI is InChI=1S/C13H17N3O5/c1-15(8-9-4-3-7-21-9)12-11(16(18)19)6-5-10(14-12)13(17)20-2/h5-6,9H,3-4,7-8H2,1-2H3. The maximum absolute atomic E-state index is 11.5. The predicted molar refractivity (Wildman–Crippen MR) is 74.5 cm³/mol. The van der Waals surface area contributed by atoms with Crippen molar-refractivity contribution in [2.75, 3.05) is 32.2 Å². The van der Waals surface area contributed by atoms with Crippen molar-refractivity contribution in [3.63, 3.8) is 0 Å². The fraction of sp³-hybridized carbons (Fsp3) is 0.538. The van der Waals surface area contributed by atoms with Crippen molar-refractivity contribution >= 4 is 17.5 Å². The topological polar surface area (TPSA) is 94.8 Å². The van der Waals surface area contributed by atoms with Gasteiger partial charge in [-0.25, -0.2) is 9.78 Å². The average Bonchev–Trinajstić information content (AvgIpc) is 2.98. The van der Waals surface area contributed by atoms with Gasteiger partial charge < -0.3 is 14.4 Å². The van der Waals surface area contributed by atoms with Crippen LogP contribution in [0.5, 0.6) is 0 Å². The van der Waals surface area contributed by atoms with Crippen LogP contribution in [0.3, 0.4) is 0 Å². The van der Waals surface area contributed by atoms with Gasteiger partial charge in [0.1, 0.15) is 0 Å². The Balaban J connectivity index is 2.28. The maximum Gasteiger partial charge on any atom is 0.356 e. The number of carbonyl (C=O) groups is 1. The van der Waals surface area contributed by atoms with Gasteiger partial charge in [-0.3, -0.25) is 10.1 Å². The minimum Gasteiger partial charge on any atom is -0.464 e. The molecule has 0 amide bonds. The second-order valence-electron chi connectivity index (χ2n) is 4.80. The van der Waals surface area contributed by atoms with Gasteiger partial charge in [0.15, 0.2) is 5.69 Å². The van der Waals surface area contributed by atoms with Gasteiger partial charge in [-0.15, -0.1) is 0 Å². The molecule has 1 aliphatic rings. The molecule has 0 N–H and O–H groups in total. The zero-order valence-electron chi connectivity index (χ0n) is 11.9. The van der Waals surface area contributed by atoms with Crippen molar-refractivity contribution in [1.29, 1.82) is 0 Å². The Morgan fingerprint density at radius 1 is 1.62 bits per heavy atom. The first-order valence-electron chi connectivity index (χ1n) is 6.59. The number of nitro groups is 1. The van der Waals surface area contributed by atoms with Crippen molar-refractivity contribution in [2.45, 2.75) is 18.9 Å². The monoisotopic (exact) mass is 295 g/mol. The lowest BCUT2D eigenvalue weighted by atomic mass is 10.2. The highest BCUT2D eigenvalue weighted by atomic mass is 16.6. The number of pyridine rings is 1. The summed E-state index contributed by atoms with van der Waals surface area (Å²) in [6.07, 6.45) is 1.92. The smallest absolute Gasteiger partial charge is 0.356 e. The molecule has 0 aliphatic carbocycles. The number of nitrogens with zero attached hydrogens (tertiary/aromatic N) is 3. The first-order valence-corrected chi connectivity index (χ1v) is 6.59. The van der Waals surface area contributed by atoms with Crippen LogP contribution in [0, 0.1) is 10.1 Å². The lowest BCUT2D eigenvalue weighted by Gasteiger charge is -2.21. The van der Waals surface area contributed by atoms with Crippen molar-refractivity contribution in [3.05, 3.63) is 27.9 Å². The molecule has 8 nitrogen and oxygen atoms in total. The molecule has 1 atom stereocenters. The molecule has 1 aromatic heterocycles. The Morgan fingerprint density at radius 2 is 2.38 bits per heavy atom. The summed E-state index contributed by atoms with van der Waals surface area (Å²) in [5.74, 6) is -0.491. The molecule has 0 aromatic carbocycles. The van der Waals surface area contributed by atoms with Crippen LogP contribution < -0.4 is 4.90 Å². The van der Waals surface area contributed by atoms with E-state index in [1.165, 1.54) is 19.2 Å². The van der Waals surface area contributed by atoms with Crippen LogP contribution in [-0.4, -0.2) is 49.3 Å². The van der Waals surface area contributed by atoms with Gasteiger partial charge in [-0.2, -0.15) is 0 Å². The first kappa shape index (κ1) is 15.2. The number of anilines is 1. The van der Waals surface area contributed by atoms with Crippen molar-refractivity contribution in [3.8, 4) is 0 Å². The molecule has 0 spiro atoms. The number of ether oxygens (including phenoxy) is 2. The van der Waals surface area contributed by atoms with Gasteiger partial charge in [-0.1, -0.05) is 0 Å². The molecule has 1 saturated heterocycles. The second kappa shape index (κ2) is 6.49. The molecule has 1 fully saturated rings. The van der Waals surface area contributed by atoms with Crippen molar-refractivity contribution < 1.29 is 19.2 Å². The lowest BCUT2D eigenvalue weighted by molar-refractivity contribution is -0.384. The molecule has 1 aromatic rings. The Hall–Kier alpha value is -2.22. The number of hydrogen-bond donors (Lipinski definition) is 0. The van der Waals surface area contributed by atoms with Crippen LogP contribution in [0.1, 0.15) is 23.3 Å². The van der Waals surface area contributed by atoms with E-state index in [1.54, 1.807) is 11.9 Å². The van der Waals surface area contributed by atoms with E-state index in [4.69, 9.17) is 4.74 Å². The highest BCUT2D eigenvalue weighted by Crippen LogP contribution is 2.26. The van der Waals surface area contributed by atoms with Crippen LogP contribution in [0.15, 0.2) is 12.1 Å². The lowest BCUT2D eigenvalue weighted by Crippen LogP contribution is -2.30. The summed E-state index contributed by atoms with van der Waals surface area (Å²) in [4.78, 5) is 27.8. The fourth-order valence-electron chi connectivity index (χ4n) is 2.26. The van der Waals surface area contributed by atoms with E-state index in [2.05, 4.69) is 9.72 Å². The number of likely N-dealkylation sites (N-methyl/N-ethyl adjacent to an activating group) is 1. The van der Waals surface area contributed by atoms with Crippen LogP contribution >= 0.6 is 0 Å². The molecule has 21 heavy (non-hydrogen) atoms. The summed E-state index contributed by atoms with van der Waals surface area (Å²) < 4.78 is 10.1. The second-order valence-corrected chi connectivity index (χ2v) is 4.80. The van der Waals surface area contributed by atoms with E-state index in [0.717, 1.165) is 12.8 Å². The molecule has 0 bridgehead atoms. The van der Waals surface area contributed by atoms with E-state index in [0.29, 0.717) is 13.2 Å². The average molecular weight is 295 g/mol. The fourth-order valence-corrected chi connectivity index (χ4v) is 2.26. The number of rotatable bonds is 5. The normalized spacial score (nSPS) is 17.5. The number of carbonyl (C=O) groups excluding carboxylic acids is 1. The molecule has 114 valence electrons. The number of methoxy groups -OCH3 is 1. The largest absolute Gasteiger partial charge is 0.464 e. The van der Waals surface area contributed by atoms with E-state index < -0.39 is 10.9 Å². The molecule has 0 saturated carbocycles. The molecule has 1 aliphatic heterocycles. The highest BCUT2D eigenvalue weighted by Gasteiger charge is 2.25. The molecule has 8 heteroatoms. The third-order valence-corrected chi connectivity index (χ3v) is 3.31. The molecular weight excluding hydrogens is 278 g/mol. The summed E-state index contributed by atoms with van der Waals surface area (Å²) in [7, 11) is 2.93. The van der Waals surface area contributed by atoms with Crippen LogP contribution in [0.4, 0.5) is 11.5 Å². The third kappa shape index (κ3) is 3.46. The molecular formula is C13H17N3O5. The van der Waals surface area contributed by atoms with E-state index in [1.807, 2.05) is 0 Å². The van der Waals surface area contributed by atoms with E-state index in [-0.39, 0.29) is 23.3 Å². The number of hydrogen-bond acceptors (Lipinski definition) is 7. The quantitative estimate of drug-likeness (QED) is 0.460. The molecule has 0 radical (unpaired) electrons. The van der Waals surface area contributed by atoms with Crippen molar-refractivity contribution in [2.24, 2.45) is 0 Å². The van der Waals surface area contributed by atoms with E-state index in [9.17, 15) is 14.9 Å². The summed E-state index contributed by atoms with van der Waals surface area (Å²) in [6.45, 7) is 1.19. The van der Waals surface area contributed by atoms with Gasteiger partial charge in [-0.05, 0) is 18.9 Å². The summed E-state index contributed by atoms with van der Waals surface area (Å²) >= 11 is 0. The molecule has 2 rings (SSSR count). The molecule has 2 heterocycles. The summed E-state index contributed by atoms with van der Waals surface area (Å²) in [5, 5.41) is 11.1. The summed E-state index contributed by atoms with van der Waals surface area (Å²) in [6, 6.07) is 2.55. The van der Waals surface area contributed by atoms with Crippen LogP contribution in [0.2, 0.25) is 0 Å². The highest BCUT2D eigenvalue weighted by molar-refractivity contribution is 5.88. The minimum atomic E-state index is -0.628. The van der Waals surface area contributed by atoms with Gasteiger partial charge >= 0.3 is 11.7 Å². The van der Waals surface area contributed by atoms with Crippen LogP contribution in [-0.2, 0) is 9.47 Å². The van der Waals surface area contributed by atoms with Gasteiger partial charge in [0.25, 0.3) is 0 Å². The zero-order chi connectivity index (χ0) is 15.4. The van der Waals surface area contributed by atoms with Crippen molar-refractivity contribution in [1.82, 2.24) is 4.98 Å². The van der Waals surface area contributed by atoms with Gasteiger partial charge in [0.2, 0.25) is 5.82 Å². The van der Waals surface area contributed by atoms with Gasteiger partial charge in [0.05, 0.1) is 18.1 Å². The Morgan fingerprint density at radius 3 is 2.95 bits per heavy atom. The Kier molecular flexibility index (Phi) is 4.69. The zero-order valence-corrected chi connectivity index (χ0v) is 11.9. The molecule has 1 unspecified atom stereocenters. The van der Waals surface area contributed by atoms with Crippen LogP contribution in [0.25, 0.3) is 0 Å². The SMILES string of the molecule is COC(=O)c1ccc([N+](=O)[O-])c(N(C)CC2CCCO2)n1. The minimum absolute atomic E-state index is 0.0261. The number of aromatic nitrogens is 1. The van der Waals surface area contributed by atoms with Gasteiger partial charge in [0, 0.05) is 26.3 Å². The Labute approximate surface area is 121 Å². The predicted octanol–water partition coefficient (Wildman–Crippen LogP) is 1.39. The maximum atomic E-state index is 11.5. The number of esters is 1. The first-order chi connectivity index (χ1) is 10.0. The third-order valence-electron chi connectivity index (χ3n) is 3.31.